The number of likely N-dealkylation sites (tertiary alicyclic amines) is 1. The Morgan fingerprint density at radius 3 is 2.57 bits per heavy atom. The van der Waals surface area contributed by atoms with E-state index in [9.17, 15) is 4.79 Å². The number of carbonyl (C=O) groups excluding carboxylic acids is 1. The van der Waals surface area contributed by atoms with Gasteiger partial charge in [0, 0.05) is 40.8 Å². The Kier molecular flexibility index (Phi) is 4.29. The second-order valence-electron chi connectivity index (χ2n) is 7.84. The van der Waals surface area contributed by atoms with Crippen molar-refractivity contribution in [2.45, 2.75) is 19.3 Å². The fourth-order valence-corrected chi connectivity index (χ4v) is 4.53. The van der Waals surface area contributed by atoms with Gasteiger partial charge in [0.25, 0.3) is 5.91 Å². The summed E-state index contributed by atoms with van der Waals surface area (Å²) in [5.41, 5.74) is 5.14. The van der Waals surface area contributed by atoms with Crippen molar-refractivity contribution in [2.24, 2.45) is 7.05 Å². The van der Waals surface area contributed by atoms with E-state index in [1.807, 2.05) is 17.0 Å². The number of nitrogens with zero attached hydrogens (tertiary/aromatic N) is 3. The van der Waals surface area contributed by atoms with Crippen LogP contribution in [0.4, 0.5) is 5.69 Å². The van der Waals surface area contributed by atoms with E-state index >= 15 is 0 Å². The lowest BCUT2D eigenvalue weighted by molar-refractivity contribution is -0.113. The lowest BCUT2D eigenvalue weighted by atomic mass is 10.0. The Morgan fingerprint density at radius 1 is 0.964 bits per heavy atom. The van der Waals surface area contributed by atoms with Crippen molar-refractivity contribution < 1.29 is 4.79 Å². The van der Waals surface area contributed by atoms with Crippen LogP contribution in [0.2, 0.25) is 0 Å². The smallest absolute Gasteiger partial charge is 0.260 e. The number of fused-ring (bicyclic) bond motifs is 2. The summed E-state index contributed by atoms with van der Waals surface area (Å²) in [6.45, 7) is 2.84. The van der Waals surface area contributed by atoms with E-state index in [0.29, 0.717) is 6.67 Å². The van der Waals surface area contributed by atoms with Crippen LogP contribution in [0.5, 0.6) is 0 Å². The van der Waals surface area contributed by atoms with Gasteiger partial charge in [0.15, 0.2) is 0 Å². The van der Waals surface area contributed by atoms with Crippen LogP contribution in [0.15, 0.2) is 54.7 Å². The Balaban J connectivity index is 1.56. The molecule has 0 N–H and O–H groups in total. The number of hydrogen-bond acceptors (Lipinski definition) is 2. The highest BCUT2D eigenvalue weighted by atomic mass is 16.2. The second-order valence-corrected chi connectivity index (χ2v) is 7.84. The first-order valence-electron chi connectivity index (χ1n) is 10.1. The molecule has 0 aliphatic carbocycles. The monoisotopic (exact) mass is 371 g/mol. The molecule has 1 amide bonds. The molecule has 28 heavy (non-hydrogen) atoms. The van der Waals surface area contributed by atoms with Gasteiger partial charge < -0.3 is 4.57 Å². The third kappa shape index (κ3) is 2.85. The van der Waals surface area contributed by atoms with Gasteiger partial charge in [-0.1, -0.05) is 42.8 Å². The first-order chi connectivity index (χ1) is 13.7. The summed E-state index contributed by atoms with van der Waals surface area (Å²) in [5, 5.41) is 1.18. The van der Waals surface area contributed by atoms with Crippen molar-refractivity contribution in [3.63, 3.8) is 0 Å². The van der Waals surface area contributed by atoms with Gasteiger partial charge in [-0.15, -0.1) is 0 Å². The molecule has 1 aromatic heterocycles. The van der Waals surface area contributed by atoms with Crippen LogP contribution in [0.1, 0.15) is 30.4 Å². The van der Waals surface area contributed by atoms with E-state index in [2.05, 4.69) is 65.2 Å². The van der Waals surface area contributed by atoms with Gasteiger partial charge >= 0.3 is 0 Å². The summed E-state index contributed by atoms with van der Waals surface area (Å²) in [6, 6.07) is 16.5. The van der Waals surface area contributed by atoms with E-state index in [1.54, 1.807) is 0 Å². The number of hydrogen-bond donors (Lipinski definition) is 0. The molecule has 0 spiro atoms. The van der Waals surface area contributed by atoms with Gasteiger partial charge in [-0.25, -0.2) is 0 Å². The first-order valence-corrected chi connectivity index (χ1v) is 10.1. The van der Waals surface area contributed by atoms with Crippen LogP contribution in [-0.4, -0.2) is 35.1 Å². The molecule has 0 unspecified atom stereocenters. The van der Waals surface area contributed by atoms with Crippen LogP contribution in [0.25, 0.3) is 22.6 Å². The summed E-state index contributed by atoms with van der Waals surface area (Å²) in [6.07, 6.45) is 7.93. The van der Waals surface area contributed by atoms with Crippen LogP contribution in [0.3, 0.4) is 0 Å². The third-order valence-corrected chi connectivity index (χ3v) is 5.98. The van der Waals surface area contributed by atoms with Crippen LogP contribution >= 0.6 is 0 Å². The van der Waals surface area contributed by atoms with Gasteiger partial charge in [-0.3, -0.25) is 14.6 Å². The molecule has 0 atom stereocenters. The average Bonchev–Trinajstić information content (AvgIpc) is 3.19. The van der Waals surface area contributed by atoms with Gasteiger partial charge in [0.1, 0.15) is 0 Å². The minimum absolute atomic E-state index is 0.111. The van der Waals surface area contributed by atoms with Crippen molar-refractivity contribution in [1.82, 2.24) is 9.47 Å². The molecule has 2 aromatic carbocycles. The molecule has 5 rings (SSSR count). The summed E-state index contributed by atoms with van der Waals surface area (Å²) in [5.74, 6) is 0.111. The molecule has 1 fully saturated rings. The number of aryl methyl sites for hydroxylation is 1. The molecule has 2 aliphatic heterocycles. The number of anilines is 1. The summed E-state index contributed by atoms with van der Waals surface area (Å²) < 4.78 is 2.12. The van der Waals surface area contributed by atoms with Crippen LogP contribution in [0, 0.1) is 0 Å². The van der Waals surface area contributed by atoms with Gasteiger partial charge in [-0.2, -0.15) is 0 Å². The molecule has 142 valence electrons. The molecule has 4 heteroatoms. The minimum atomic E-state index is 0.111. The SMILES string of the molecule is Cn1cc(/C=C2\C(=O)N(CN3CCCCC3)c3ccccc32)c2ccccc21. The highest BCUT2D eigenvalue weighted by Crippen LogP contribution is 2.38. The predicted octanol–water partition coefficient (Wildman–Crippen LogP) is 4.51. The molecule has 0 radical (unpaired) electrons. The van der Waals surface area contributed by atoms with Crippen molar-refractivity contribution in [2.75, 3.05) is 24.7 Å². The maximum absolute atomic E-state index is 13.4. The maximum Gasteiger partial charge on any atom is 0.260 e. The fourth-order valence-electron chi connectivity index (χ4n) is 4.53. The molecule has 2 aliphatic rings. The fraction of sp³-hybridized carbons (Fsp3) is 0.292. The summed E-state index contributed by atoms with van der Waals surface area (Å²) in [4.78, 5) is 17.8. The highest BCUT2D eigenvalue weighted by Gasteiger charge is 2.33. The average molecular weight is 371 g/mol. The molecule has 3 aromatic rings. The van der Waals surface area contributed by atoms with E-state index in [1.165, 1.54) is 30.2 Å². The largest absolute Gasteiger partial charge is 0.350 e. The zero-order valence-electron chi connectivity index (χ0n) is 16.3. The second kappa shape index (κ2) is 6.95. The molecule has 3 heterocycles. The van der Waals surface area contributed by atoms with Crippen molar-refractivity contribution in [1.29, 1.82) is 0 Å². The lowest BCUT2D eigenvalue weighted by Crippen LogP contribution is -2.42. The number of carbonyl (C=O) groups is 1. The molecule has 1 saturated heterocycles. The number of rotatable bonds is 3. The molecule has 0 saturated carbocycles. The normalized spacial score (nSPS) is 19.0. The number of aromatic nitrogens is 1. The zero-order valence-corrected chi connectivity index (χ0v) is 16.3. The van der Waals surface area contributed by atoms with Crippen molar-refractivity contribution >= 4 is 34.1 Å². The quantitative estimate of drug-likeness (QED) is 0.634. The van der Waals surface area contributed by atoms with E-state index in [0.717, 1.165) is 35.5 Å². The Hall–Kier alpha value is -2.85. The lowest BCUT2D eigenvalue weighted by Gasteiger charge is -2.30. The molecular weight excluding hydrogens is 346 g/mol. The standard InChI is InChI=1S/C24H25N3O/c1-25-16-18(19-9-3-5-11-22(19)25)15-21-20-10-4-6-12-23(20)27(24(21)28)17-26-13-7-2-8-14-26/h3-6,9-12,15-16H,2,7-8,13-14,17H2,1H3/b21-15-. The number of benzene rings is 2. The molecular formula is C24H25N3O. The van der Waals surface area contributed by atoms with Crippen LogP contribution < -0.4 is 4.90 Å². The van der Waals surface area contributed by atoms with Crippen molar-refractivity contribution in [3.8, 4) is 0 Å². The first kappa shape index (κ1) is 17.3. The zero-order chi connectivity index (χ0) is 19.1. The molecule has 0 bridgehead atoms. The van der Waals surface area contributed by atoms with Crippen LogP contribution in [-0.2, 0) is 11.8 Å². The minimum Gasteiger partial charge on any atom is -0.350 e. The molecule has 4 nitrogen and oxygen atoms in total. The number of piperidine rings is 1. The van der Waals surface area contributed by atoms with Gasteiger partial charge in [0.2, 0.25) is 0 Å². The Bertz CT molecular complexity index is 1070. The summed E-state index contributed by atoms with van der Waals surface area (Å²) in [7, 11) is 2.05. The van der Waals surface area contributed by atoms with Gasteiger partial charge in [-0.05, 0) is 44.1 Å². The predicted molar refractivity (Wildman–Crippen MR) is 115 cm³/mol. The maximum atomic E-state index is 13.4. The highest BCUT2D eigenvalue weighted by molar-refractivity contribution is 6.36. The van der Waals surface area contributed by atoms with Crippen molar-refractivity contribution in [3.05, 3.63) is 65.9 Å². The Labute approximate surface area is 165 Å². The Morgan fingerprint density at radius 2 is 1.71 bits per heavy atom. The van der Waals surface area contributed by atoms with E-state index in [-0.39, 0.29) is 5.91 Å². The topological polar surface area (TPSA) is 28.5 Å². The van der Waals surface area contributed by atoms with Gasteiger partial charge in [0.05, 0.1) is 12.4 Å². The number of para-hydroxylation sites is 2. The van der Waals surface area contributed by atoms with E-state index in [4.69, 9.17) is 0 Å². The number of amides is 1. The van der Waals surface area contributed by atoms with E-state index < -0.39 is 0 Å². The summed E-state index contributed by atoms with van der Waals surface area (Å²) >= 11 is 0. The third-order valence-electron chi connectivity index (χ3n) is 5.98.